The third-order valence-electron chi connectivity index (χ3n) is 3.63. The quantitative estimate of drug-likeness (QED) is 0.869. The summed E-state index contributed by atoms with van der Waals surface area (Å²) < 4.78 is 13.8. The second-order valence-corrected chi connectivity index (χ2v) is 5.63. The number of anilines is 1. The summed E-state index contributed by atoms with van der Waals surface area (Å²) in [7, 11) is 3.59. The first-order valence-corrected chi connectivity index (χ1v) is 6.97. The van der Waals surface area contributed by atoms with Crippen LogP contribution in [0.25, 0.3) is 0 Å². The first kappa shape index (κ1) is 14.6. The molecule has 0 saturated heterocycles. The minimum Gasteiger partial charge on any atom is -0.375 e. The maximum Gasteiger partial charge on any atom is 0.315 e. The van der Waals surface area contributed by atoms with Gasteiger partial charge in [-0.3, -0.25) is 0 Å². The Kier molecular flexibility index (Phi) is 4.47. The first-order valence-electron chi connectivity index (χ1n) is 6.97. The molecule has 1 unspecified atom stereocenters. The van der Waals surface area contributed by atoms with E-state index < -0.39 is 0 Å². The summed E-state index contributed by atoms with van der Waals surface area (Å²) in [6.45, 7) is 2.34. The van der Waals surface area contributed by atoms with Crippen molar-refractivity contribution in [2.24, 2.45) is 5.92 Å². The van der Waals surface area contributed by atoms with Crippen LogP contribution in [0.15, 0.2) is 18.2 Å². The van der Waals surface area contributed by atoms with Crippen LogP contribution in [-0.2, 0) is 6.54 Å². The van der Waals surface area contributed by atoms with Crippen molar-refractivity contribution in [1.29, 1.82) is 0 Å². The molecule has 0 aromatic heterocycles. The van der Waals surface area contributed by atoms with E-state index in [1.54, 1.807) is 25.1 Å². The van der Waals surface area contributed by atoms with Crippen LogP contribution >= 0.6 is 0 Å². The number of hydrogen-bond donors (Lipinski definition) is 2. The van der Waals surface area contributed by atoms with Crippen molar-refractivity contribution in [3.63, 3.8) is 0 Å². The third-order valence-corrected chi connectivity index (χ3v) is 3.63. The van der Waals surface area contributed by atoms with Crippen LogP contribution in [0.4, 0.5) is 14.9 Å². The van der Waals surface area contributed by atoms with Gasteiger partial charge in [-0.15, -0.1) is 0 Å². The van der Waals surface area contributed by atoms with E-state index in [1.807, 2.05) is 13.0 Å². The molecule has 1 aromatic rings. The van der Waals surface area contributed by atoms with Crippen LogP contribution in [0.5, 0.6) is 0 Å². The van der Waals surface area contributed by atoms with Crippen LogP contribution in [-0.4, -0.2) is 26.2 Å². The van der Waals surface area contributed by atoms with E-state index in [0.717, 1.165) is 5.56 Å². The summed E-state index contributed by atoms with van der Waals surface area (Å²) in [4.78, 5) is 13.4. The Bertz CT molecular complexity index is 486. The van der Waals surface area contributed by atoms with Gasteiger partial charge in [0.25, 0.3) is 0 Å². The summed E-state index contributed by atoms with van der Waals surface area (Å²) in [5.41, 5.74) is 1.29. The number of rotatable bonds is 5. The molecule has 1 aliphatic carbocycles. The number of hydrogen-bond acceptors (Lipinski definition) is 2. The van der Waals surface area contributed by atoms with Gasteiger partial charge in [0.15, 0.2) is 0 Å². The highest BCUT2D eigenvalue weighted by Gasteiger charge is 2.28. The summed E-state index contributed by atoms with van der Waals surface area (Å²) in [5.74, 6) is 0.346. The highest BCUT2D eigenvalue weighted by atomic mass is 19.1. The molecule has 1 fully saturated rings. The Morgan fingerprint density at radius 2 is 2.15 bits per heavy atom. The van der Waals surface area contributed by atoms with Gasteiger partial charge in [0.05, 0.1) is 5.69 Å². The molecule has 2 amide bonds. The lowest BCUT2D eigenvalue weighted by molar-refractivity contribution is 0.236. The Morgan fingerprint density at radius 3 is 2.70 bits per heavy atom. The lowest BCUT2D eigenvalue weighted by Gasteiger charge is -2.15. The van der Waals surface area contributed by atoms with E-state index in [2.05, 4.69) is 10.6 Å². The molecule has 5 heteroatoms. The minimum atomic E-state index is -0.277. The molecule has 0 aliphatic heterocycles. The predicted molar refractivity (Wildman–Crippen MR) is 78.3 cm³/mol. The molecule has 0 bridgehead atoms. The van der Waals surface area contributed by atoms with Crippen molar-refractivity contribution in [2.45, 2.75) is 32.4 Å². The number of carbonyl (C=O) groups excluding carboxylic acids is 1. The molecule has 2 rings (SSSR count). The molecule has 1 atom stereocenters. The van der Waals surface area contributed by atoms with Gasteiger partial charge in [-0.25, -0.2) is 9.18 Å². The maximum atomic E-state index is 13.8. The van der Waals surface area contributed by atoms with Crippen molar-refractivity contribution in [3.8, 4) is 0 Å². The zero-order valence-corrected chi connectivity index (χ0v) is 12.2. The topological polar surface area (TPSA) is 44.4 Å². The number of nitrogens with one attached hydrogen (secondary N) is 2. The highest BCUT2D eigenvalue weighted by Crippen LogP contribution is 2.32. The van der Waals surface area contributed by atoms with Crippen molar-refractivity contribution < 1.29 is 9.18 Å². The van der Waals surface area contributed by atoms with E-state index in [-0.39, 0.29) is 17.9 Å². The molecular weight excluding hydrogens is 257 g/mol. The molecule has 2 N–H and O–H groups in total. The number of nitrogens with zero attached hydrogens (tertiary/aromatic N) is 1. The average molecular weight is 279 g/mol. The summed E-state index contributed by atoms with van der Waals surface area (Å²) in [5, 5.41) is 5.66. The number of halogens is 1. The average Bonchev–Trinajstić information content (AvgIpc) is 3.20. The monoisotopic (exact) mass is 279 g/mol. The predicted octanol–water partition coefficient (Wildman–Crippen LogP) is 2.49. The smallest absolute Gasteiger partial charge is 0.315 e. The van der Waals surface area contributed by atoms with Gasteiger partial charge >= 0.3 is 6.03 Å². The Labute approximate surface area is 119 Å². The lowest BCUT2D eigenvalue weighted by atomic mass is 10.2. The van der Waals surface area contributed by atoms with Gasteiger partial charge in [-0.05, 0) is 43.4 Å². The molecule has 1 aliphatic rings. The van der Waals surface area contributed by atoms with Gasteiger partial charge in [-0.1, -0.05) is 6.07 Å². The van der Waals surface area contributed by atoms with Gasteiger partial charge < -0.3 is 15.5 Å². The van der Waals surface area contributed by atoms with E-state index in [1.165, 1.54) is 18.9 Å². The van der Waals surface area contributed by atoms with Crippen LogP contribution in [0.2, 0.25) is 0 Å². The van der Waals surface area contributed by atoms with Gasteiger partial charge in [0.1, 0.15) is 5.82 Å². The highest BCUT2D eigenvalue weighted by molar-refractivity contribution is 5.74. The largest absolute Gasteiger partial charge is 0.375 e. The second kappa shape index (κ2) is 6.11. The molecule has 1 aromatic carbocycles. The molecular formula is C15H22FN3O. The fraction of sp³-hybridized carbons (Fsp3) is 0.533. The SMILES string of the molecule is CC(NC(=O)NCc1ccc(N(C)C)c(F)c1)C1CC1. The number of urea groups is 1. The molecule has 20 heavy (non-hydrogen) atoms. The number of amides is 2. The van der Waals surface area contributed by atoms with Crippen molar-refractivity contribution in [2.75, 3.05) is 19.0 Å². The van der Waals surface area contributed by atoms with Crippen LogP contribution in [0.3, 0.4) is 0 Å². The van der Waals surface area contributed by atoms with Crippen LogP contribution in [0.1, 0.15) is 25.3 Å². The van der Waals surface area contributed by atoms with Crippen LogP contribution in [0, 0.1) is 11.7 Å². The second-order valence-electron chi connectivity index (χ2n) is 5.63. The normalized spacial score (nSPS) is 15.6. The van der Waals surface area contributed by atoms with Gasteiger partial charge in [0, 0.05) is 26.7 Å². The molecule has 1 saturated carbocycles. The zero-order valence-electron chi connectivity index (χ0n) is 12.2. The summed E-state index contributed by atoms with van der Waals surface area (Å²) in [6, 6.07) is 5.02. The first-order chi connectivity index (χ1) is 9.47. The van der Waals surface area contributed by atoms with Crippen molar-refractivity contribution in [3.05, 3.63) is 29.6 Å². The Balaban J connectivity index is 1.84. The number of benzene rings is 1. The third kappa shape index (κ3) is 3.85. The minimum absolute atomic E-state index is 0.193. The maximum absolute atomic E-state index is 13.8. The van der Waals surface area contributed by atoms with E-state index in [4.69, 9.17) is 0 Å². The fourth-order valence-corrected chi connectivity index (χ4v) is 2.18. The van der Waals surface area contributed by atoms with Crippen LogP contribution < -0.4 is 15.5 Å². The lowest BCUT2D eigenvalue weighted by Crippen LogP contribution is -2.41. The standard InChI is InChI=1S/C15H22FN3O/c1-10(12-5-6-12)18-15(20)17-9-11-4-7-14(19(2)3)13(16)8-11/h4,7-8,10,12H,5-6,9H2,1-3H3,(H2,17,18,20). The molecule has 0 spiro atoms. The summed E-state index contributed by atoms with van der Waals surface area (Å²) >= 11 is 0. The van der Waals surface area contributed by atoms with Gasteiger partial charge in [-0.2, -0.15) is 0 Å². The van der Waals surface area contributed by atoms with E-state index >= 15 is 0 Å². The molecule has 4 nitrogen and oxygen atoms in total. The summed E-state index contributed by atoms with van der Waals surface area (Å²) in [6.07, 6.45) is 2.39. The van der Waals surface area contributed by atoms with Gasteiger partial charge in [0.2, 0.25) is 0 Å². The number of carbonyl (C=O) groups is 1. The zero-order chi connectivity index (χ0) is 14.7. The van der Waals surface area contributed by atoms with Crippen molar-refractivity contribution >= 4 is 11.7 Å². The molecule has 0 radical (unpaired) electrons. The van der Waals surface area contributed by atoms with E-state index in [0.29, 0.717) is 18.2 Å². The van der Waals surface area contributed by atoms with E-state index in [9.17, 15) is 9.18 Å². The Morgan fingerprint density at radius 1 is 1.45 bits per heavy atom. The Hall–Kier alpha value is -1.78. The van der Waals surface area contributed by atoms with Crippen molar-refractivity contribution in [1.82, 2.24) is 10.6 Å². The molecule has 110 valence electrons. The fourth-order valence-electron chi connectivity index (χ4n) is 2.18. The molecule has 0 heterocycles.